The first kappa shape index (κ1) is 6.62. The van der Waals surface area contributed by atoms with Crippen LogP contribution in [-0.2, 0) is 0 Å². The minimum Gasteiger partial charge on any atom is -0.383 e. The first-order valence-corrected chi connectivity index (χ1v) is 2.65. The van der Waals surface area contributed by atoms with Gasteiger partial charge in [-0.05, 0) is 6.07 Å². The van der Waals surface area contributed by atoms with E-state index in [1.54, 1.807) is 0 Å². The summed E-state index contributed by atoms with van der Waals surface area (Å²) in [5.41, 5.74) is 5.94. The van der Waals surface area contributed by atoms with Gasteiger partial charge in [-0.25, -0.2) is 4.98 Å². The standard InChI is InChI=1S/C6H4BN3/c7-5-1-2-10-6(9)4(5)3-8/h1-2H,(H2,9,10). The van der Waals surface area contributed by atoms with Crippen molar-refractivity contribution in [1.29, 1.82) is 5.26 Å². The Morgan fingerprint density at radius 2 is 2.40 bits per heavy atom. The number of anilines is 1. The lowest BCUT2D eigenvalue weighted by Gasteiger charge is -1.97. The van der Waals surface area contributed by atoms with Crippen molar-refractivity contribution in [3.8, 4) is 6.07 Å². The van der Waals surface area contributed by atoms with E-state index >= 15 is 0 Å². The average molecular weight is 129 g/mol. The molecule has 46 valence electrons. The topological polar surface area (TPSA) is 62.7 Å². The van der Waals surface area contributed by atoms with Gasteiger partial charge in [0.2, 0.25) is 0 Å². The molecule has 1 aromatic heterocycles. The molecule has 0 aromatic carbocycles. The van der Waals surface area contributed by atoms with Crippen LogP contribution in [0.25, 0.3) is 0 Å². The summed E-state index contributed by atoms with van der Waals surface area (Å²) in [6, 6.07) is 3.39. The van der Waals surface area contributed by atoms with Gasteiger partial charge in [-0.1, -0.05) is 5.46 Å². The van der Waals surface area contributed by atoms with Crippen LogP contribution in [0.1, 0.15) is 5.56 Å². The van der Waals surface area contributed by atoms with E-state index in [0.29, 0.717) is 5.46 Å². The van der Waals surface area contributed by atoms with Crippen LogP contribution >= 0.6 is 0 Å². The molecule has 1 aromatic rings. The predicted octanol–water partition coefficient (Wildman–Crippen LogP) is -0.671. The highest BCUT2D eigenvalue weighted by atomic mass is 14.8. The van der Waals surface area contributed by atoms with Crippen molar-refractivity contribution in [1.82, 2.24) is 4.98 Å². The van der Waals surface area contributed by atoms with Crippen LogP contribution in [0.2, 0.25) is 0 Å². The lowest BCUT2D eigenvalue weighted by Crippen LogP contribution is -2.11. The fraction of sp³-hybridized carbons (Fsp3) is 0. The molecule has 0 saturated heterocycles. The maximum absolute atomic E-state index is 8.45. The molecule has 0 unspecified atom stereocenters. The van der Waals surface area contributed by atoms with Gasteiger partial charge in [-0.3, -0.25) is 0 Å². The molecule has 2 radical (unpaired) electrons. The van der Waals surface area contributed by atoms with E-state index in [4.69, 9.17) is 18.8 Å². The van der Waals surface area contributed by atoms with Crippen molar-refractivity contribution in [2.45, 2.75) is 0 Å². The smallest absolute Gasteiger partial charge is 0.140 e. The number of nitriles is 1. The number of nitrogens with zero attached hydrogens (tertiary/aromatic N) is 2. The SMILES string of the molecule is [B]c1ccnc(N)c1C#N. The van der Waals surface area contributed by atoms with Gasteiger partial charge < -0.3 is 5.73 Å². The third-order valence-electron chi connectivity index (χ3n) is 1.12. The molecule has 0 aliphatic carbocycles. The molecule has 0 spiro atoms. The molecule has 0 aliphatic rings. The maximum Gasteiger partial charge on any atom is 0.140 e. The number of hydrogen-bond donors (Lipinski definition) is 1. The Labute approximate surface area is 59.9 Å². The van der Waals surface area contributed by atoms with Crippen LogP contribution in [-0.4, -0.2) is 12.8 Å². The van der Waals surface area contributed by atoms with Crippen LogP contribution in [0.5, 0.6) is 0 Å². The zero-order valence-corrected chi connectivity index (χ0v) is 5.20. The van der Waals surface area contributed by atoms with Gasteiger partial charge in [-0.2, -0.15) is 5.26 Å². The van der Waals surface area contributed by atoms with Crippen molar-refractivity contribution >= 4 is 19.1 Å². The van der Waals surface area contributed by atoms with E-state index < -0.39 is 0 Å². The Hall–Kier alpha value is -1.50. The van der Waals surface area contributed by atoms with Crippen molar-refractivity contribution in [3.63, 3.8) is 0 Å². The van der Waals surface area contributed by atoms with Gasteiger partial charge in [0.1, 0.15) is 19.7 Å². The minimum atomic E-state index is 0.183. The zero-order valence-electron chi connectivity index (χ0n) is 5.20. The van der Waals surface area contributed by atoms with Crippen LogP contribution < -0.4 is 11.2 Å². The van der Waals surface area contributed by atoms with E-state index in [1.165, 1.54) is 12.3 Å². The van der Waals surface area contributed by atoms with Crippen LogP contribution in [0.4, 0.5) is 5.82 Å². The largest absolute Gasteiger partial charge is 0.383 e. The normalized spacial score (nSPS) is 8.70. The quantitative estimate of drug-likeness (QED) is 0.472. The van der Waals surface area contributed by atoms with Crippen LogP contribution in [0.3, 0.4) is 0 Å². The van der Waals surface area contributed by atoms with Gasteiger partial charge in [0.25, 0.3) is 0 Å². The predicted molar refractivity (Wildman–Crippen MR) is 38.8 cm³/mol. The maximum atomic E-state index is 8.45. The monoisotopic (exact) mass is 129 g/mol. The fourth-order valence-corrected chi connectivity index (χ4v) is 0.615. The van der Waals surface area contributed by atoms with Crippen molar-refractivity contribution in [3.05, 3.63) is 17.8 Å². The minimum absolute atomic E-state index is 0.183. The molecule has 0 atom stereocenters. The van der Waals surface area contributed by atoms with E-state index in [2.05, 4.69) is 4.98 Å². The number of nitrogens with two attached hydrogens (primary N) is 1. The molecule has 10 heavy (non-hydrogen) atoms. The van der Waals surface area contributed by atoms with Crippen LogP contribution in [0.15, 0.2) is 12.3 Å². The lowest BCUT2D eigenvalue weighted by molar-refractivity contribution is 1.33. The average Bonchev–Trinajstić information content (AvgIpc) is 1.88. The fourth-order valence-electron chi connectivity index (χ4n) is 0.615. The first-order valence-electron chi connectivity index (χ1n) is 2.65. The summed E-state index contributed by atoms with van der Waals surface area (Å²) in [4.78, 5) is 3.69. The molecule has 0 aliphatic heterocycles. The second-order valence-corrected chi connectivity index (χ2v) is 1.77. The molecule has 0 fully saturated rings. The zero-order chi connectivity index (χ0) is 7.56. The molecule has 2 N–H and O–H groups in total. The number of aromatic nitrogens is 1. The Morgan fingerprint density at radius 1 is 1.70 bits per heavy atom. The molecule has 4 heteroatoms. The summed E-state index contributed by atoms with van der Waals surface area (Å²) >= 11 is 0. The van der Waals surface area contributed by atoms with Crippen molar-refractivity contribution in [2.24, 2.45) is 0 Å². The van der Waals surface area contributed by atoms with Crippen LogP contribution in [0, 0.1) is 11.3 Å². The van der Waals surface area contributed by atoms with Gasteiger partial charge in [-0.15, -0.1) is 0 Å². The van der Waals surface area contributed by atoms with Crippen molar-refractivity contribution in [2.75, 3.05) is 5.73 Å². The summed E-state index contributed by atoms with van der Waals surface area (Å²) in [6.45, 7) is 0. The van der Waals surface area contributed by atoms with Gasteiger partial charge >= 0.3 is 0 Å². The van der Waals surface area contributed by atoms with Crippen molar-refractivity contribution < 1.29 is 0 Å². The Kier molecular flexibility index (Phi) is 1.59. The third-order valence-corrected chi connectivity index (χ3v) is 1.12. The molecule has 0 bridgehead atoms. The molecule has 1 heterocycles. The molecule has 3 nitrogen and oxygen atoms in total. The highest BCUT2D eigenvalue weighted by Crippen LogP contribution is 1.99. The van der Waals surface area contributed by atoms with E-state index in [9.17, 15) is 0 Å². The van der Waals surface area contributed by atoms with Gasteiger partial charge in [0.05, 0.1) is 5.56 Å². The second kappa shape index (κ2) is 2.40. The number of pyridine rings is 1. The van der Waals surface area contributed by atoms with Gasteiger partial charge in [0.15, 0.2) is 0 Å². The lowest BCUT2D eigenvalue weighted by atomic mass is 9.92. The molecule has 1 rings (SSSR count). The Morgan fingerprint density at radius 3 is 2.80 bits per heavy atom. The van der Waals surface area contributed by atoms with Gasteiger partial charge in [0, 0.05) is 6.20 Å². The number of hydrogen-bond acceptors (Lipinski definition) is 3. The molecule has 0 saturated carbocycles. The number of rotatable bonds is 0. The summed E-state index contributed by atoms with van der Waals surface area (Å²) in [5.74, 6) is 0.183. The van der Waals surface area contributed by atoms with E-state index in [-0.39, 0.29) is 11.4 Å². The van der Waals surface area contributed by atoms with E-state index in [0.717, 1.165) is 0 Å². The third kappa shape index (κ3) is 0.937. The van der Waals surface area contributed by atoms with E-state index in [1.807, 2.05) is 6.07 Å². The highest BCUT2D eigenvalue weighted by molar-refractivity contribution is 6.34. The molecule has 0 amide bonds. The Bertz CT molecular complexity index is 269. The summed E-state index contributed by atoms with van der Waals surface area (Å²) in [7, 11) is 5.39. The number of nitrogen functional groups attached to an aromatic ring is 1. The molecular weight excluding hydrogens is 125 g/mol. The summed E-state index contributed by atoms with van der Waals surface area (Å²) in [6.07, 6.45) is 1.46. The first-order chi connectivity index (χ1) is 4.75. The highest BCUT2D eigenvalue weighted by Gasteiger charge is 1.99. The second-order valence-electron chi connectivity index (χ2n) is 1.77. The Balaban J connectivity index is 3.34. The molecular formula is C6H4BN3. The summed E-state index contributed by atoms with van der Waals surface area (Å²) < 4.78 is 0. The summed E-state index contributed by atoms with van der Waals surface area (Å²) in [5, 5.41) is 8.45.